The third kappa shape index (κ3) is 2.42. The maximum Gasteiger partial charge on any atom is 0.137 e. The normalized spacial score (nSPS) is 10.6. The Balaban J connectivity index is 2.04. The van der Waals surface area contributed by atoms with Crippen LogP contribution in [-0.4, -0.2) is 0 Å². The minimum absolute atomic E-state index is 0.732. The van der Waals surface area contributed by atoms with E-state index in [0.717, 1.165) is 33.2 Å². The van der Waals surface area contributed by atoms with Crippen molar-refractivity contribution < 1.29 is 4.42 Å². The van der Waals surface area contributed by atoms with Gasteiger partial charge in [0.2, 0.25) is 0 Å². The van der Waals surface area contributed by atoms with Crippen LogP contribution >= 0.6 is 11.6 Å². The number of halogens is 1. The van der Waals surface area contributed by atoms with Crippen LogP contribution in [0.15, 0.2) is 65.1 Å². The van der Waals surface area contributed by atoms with E-state index in [1.165, 1.54) is 0 Å². The smallest absolute Gasteiger partial charge is 0.137 e. The van der Waals surface area contributed by atoms with Crippen molar-refractivity contribution >= 4 is 11.6 Å². The van der Waals surface area contributed by atoms with Crippen molar-refractivity contribution in [3.05, 3.63) is 71.2 Å². The molecule has 0 aliphatic carbocycles. The molecule has 0 N–H and O–H groups in total. The molecule has 3 aromatic rings. The topological polar surface area (TPSA) is 13.1 Å². The van der Waals surface area contributed by atoms with Crippen LogP contribution < -0.4 is 0 Å². The Hall–Kier alpha value is -1.99. The van der Waals surface area contributed by atoms with E-state index in [2.05, 4.69) is 25.1 Å². The second-order valence-electron chi connectivity index (χ2n) is 4.50. The van der Waals surface area contributed by atoms with Crippen LogP contribution in [0.3, 0.4) is 0 Å². The molecular weight excluding hydrogens is 256 g/mol. The molecule has 0 unspecified atom stereocenters. The predicted octanol–water partition coefficient (Wildman–Crippen LogP) is 5.58. The number of rotatable bonds is 2. The zero-order valence-corrected chi connectivity index (χ0v) is 11.3. The number of aryl methyl sites for hydroxylation is 1. The lowest BCUT2D eigenvalue weighted by molar-refractivity contribution is 0.596. The lowest BCUT2D eigenvalue weighted by Gasteiger charge is -1.99. The standard InChI is InChI=1S/C17H13ClO/c1-12-11-16(13-7-9-15(18)10-8-13)19-17(12)14-5-3-2-4-6-14/h2-11H,1H3. The Morgan fingerprint density at radius 2 is 1.53 bits per heavy atom. The van der Waals surface area contributed by atoms with E-state index in [-0.39, 0.29) is 0 Å². The molecule has 3 rings (SSSR count). The largest absolute Gasteiger partial charge is 0.456 e. The van der Waals surface area contributed by atoms with Gasteiger partial charge in [-0.1, -0.05) is 41.9 Å². The molecule has 0 fully saturated rings. The summed E-state index contributed by atoms with van der Waals surface area (Å²) in [6.45, 7) is 2.06. The highest BCUT2D eigenvalue weighted by molar-refractivity contribution is 6.30. The van der Waals surface area contributed by atoms with Gasteiger partial charge in [-0.25, -0.2) is 0 Å². The molecule has 1 aromatic heterocycles. The third-order valence-corrected chi connectivity index (χ3v) is 3.33. The Kier molecular flexibility index (Phi) is 3.14. The Bertz CT molecular complexity index is 681. The average Bonchev–Trinajstić information content (AvgIpc) is 2.83. The third-order valence-electron chi connectivity index (χ3n) is 3.08. The molecule has 2 aromatic carbocycles. The van der Waals surface area contributed by atoms with Crippen LogP contribution in [0.2, 0.25) is 5.02 Å². The molecule has 0 bridgehead atoms. The summed E-state index contributed by atoms with van der Waals surface area (Å²) in [6.07, 6.45) is 0. The monoisotopic (exact) mass is 268 g/mol. The SMILES string of the molecule is Cc1cc(-c2ccc(Cl)cc2)oc1-c1ccccc1. The highest BCUT2D eigenvalue weighted by Gasteiger charge is 2.10. The molecule has 1 nitrogen and oxygen atoms in total. The fourth-order valence-corrected chi connectivity index (χ4v) is 2.24. The molecule has 2 heteroatoms. The Morgan fingerprint density at radius 3 is 2.21 bits per heavy atom. The molecule has 0 aliphatic heterocycles. The molecule has 94 valence electrons. The summed E-state index contributed by atoms with van der Waals surface area (Å²) in [6, 6.07) is 19.9. The number of furan rings is 1. The number of benzene rings is 2. The zero-order valence-electron chi connectivity index (χ0n) is 10.6. The van der Waals surface area contributed by atoms with Gasteiger partial charge in [-0.2, -0.15) is 0 Å². The van der Waals surface area contributed by atoms with Gasteiger partial charge in [-0.05, 0) is 42.8 Å². The van der Waals surface area contributed by atoms with E-state index < -0.39 is 0 Å². The van der Waals surface area contributed by atoms with Crippen LogP contribution in [0, 0.1) is 6.92 Å². The van der Waals surface area contributed by atoms with Gasteiger partial charge < -0.3 is 4.42 Å². The first-order valence-corrected chi connectivity index (χ1v) is 6.53. The molecule has 19 heavy (non-hydrogen) atoms. The first-order valence-electron chi connectivity index (χ1n) is 6.16. The fraction of sp³-hybridized carbons (Fsp3) is 0.0588. The summed E-state index contributed by atoms with van der Waals surface area (Å²) in [7, 11) is 0. The van der Waals surface area contributed by atoms with E-state index >= 15 is 0 Å². The minimum Gasteiger partial charge on any atom is -0.456 e. The minimum atomic E-state index is 0.732. The van der Waals surface area contributed by atoms with Gasteiger partial charge in [-0.3, -0.25) is 0 Å². The molecule has 0 atom stereocenters. The molecule has 0 saturated carbocycles. The summed E-state index contributed by atoms with van der Waals surface area (Å²) < 4.78 is 5.98. The highest BCUT2D eigenvalue weighted by atomic mass is 35.5. The average molecular weight is 269 g/mol. The number of hydrogen-bond donors (Lipinski definition) is 0. The summed E-state index contributed by atoms with van der Waals surface area (Å²) in [5.41, 5.74) is 3.27. The second-order valence-corrected chi connectivity index (χ2v) is 4.93. The molecule has 0 radical (unpaired) electrons. The maximum absolute atomic E-state index is 5.98. The van der Waals surface area contributed by atoms with Crippen LogP contribution in [0.4, 0.5) is 0 Å². The lowest BCUT2D eigenvalue weighted by Crippen LogP contribution is -1.75. The summed E-state index contributed by atoms with van der Waals surface area (Å²) in [4.78, 5) is 0. The number of hydrogen-bond acceptors (Lipinski definition) is 1. The van der Waals surface area contributed by atoms with E-state index in [1.807, 2.05) is 42.5 Å². The molecule has 0 amide bonds. The van der Waals surface area contributed by atoms with Gasteiger partial charge in [0.25, 0.3) is 0 Å². The maximum atomic E-state index is 5.98. The second kappa shape index (κ2) is 4.94. The van der Waals surface area contributed by atoms with Crippen molar-refractivity contribution in [3.63, 3.8) is 0 Å². The van der Waals surface area contributed by atoms with E-state index in [1.54, 1.807) is 0 Å². The van der Waals surface area contributed by atoms with E-state index in [0.29, 0.717) is 0 Å². The van der Waals surface area contributed by atoms with Gasteiger partial charge in [0, 0.05) is 16.1 Å². The summed E-state index contributed by atoms with van der Waals surface area (Å²) in [5.74, 6) is 1.79. The first kappa shape index (κ1) is 12.1. The van der Waals surface area contributed by atoms with Crippen molar-refractivity contribution in [2.45, 2.75) is 6.92 Å². The molecule has 0 spiro atoms. The van der Waals surface area contributed by atoms with E-state index in [9.17, 15) is 0 Å². The van der Waals surface area contributed by atoms with Crippen LogP contribution in [0.5, 0.6) is 0 Å². The zero-order chi connectivity index (χ0) is 13.2. The lowest BCUT2D eigenvalue weighted by atomic mass is 10.1. The van der Waals surface area contributed by atoms with Crippen LogP contribution in [-0.2, 0) is 0 Å². The fourth-order valence-electron chi connectivity index (χ4n) is 2.11. The van der Waals surface area contributed by atoms with Crippen molar-refractivity contribution in [3.8, 4) is 22.6 Å². The van der Waals surface area contributed by atoms with Crippen molar-refractivity contribution in [2.24, 2.45) is 0 Å². The van der Waals surface area contributed by atoms with Gasteiger partial charge in [-0.15, -0.1) is 0 Å². The van der Waals surface area contributed by atoms with Crippen LogP contribution in [0.25, 0.3) is 22.6 Å². The molecule has 0 aliphatic rings. The van der Waals surface area contributed by atoms with Gasteiger partial charge in [0.1, 0.15) is 11.5 Å². The molecule has 1 heterocycles. The summed E-state index contributed by atoms with van der Waals surface area (Å²) >= 11 is 5.90. The van der Waals surface area contributed by atoms with Crippen molar-refractivity contribution in [2.75, 3.05) is 0 Å². The van der Waals surface area contributed by atoms with Crippen LogP contribution in [0.1, 0.15) is 5.56 Å². The molecule has 0 saturated heterocycles. The summed E-state index contributed by atoms with van der Waals surface area (Å²) in [5, 5.41) is 0.732. The van der Waals surface area contributed by atoms with Gasteiger partial charge in [0.15, 0.2) is 0 Å². The quantitative estimate of drug-likeness (QED) is 0.592. The van der Waals surface area contributed by atoms with Crippen molar-refractivity contribution in [1.29, 1.82) is 0 Å². The van der Waals surface area contributed by atoms with E-state index in [4.69, 9.17) is 16.0 Å². The van der Waals surface area contributed by atoms with Crippen molar-refractivity contribution in [1.82, 2.24) is 0 Å². The highest BCUT2D eigenvalue weighted by Crippen LogP contribution is 2.32. The first-order chi connectivity index (χ1) is 9.24. The Morgan fingerprint density at radius 1 is 0.842 bits per heavy atom. The molecular formula is C17H13ClO. The van der Waals surface area contributed by atoms with Gasteiger partial charge in [0.05, 0.1) is 0 Å². The Labute approximate surface area is 117 Å². The predicted molar refractivity (Wildman–Crippen MR) is 79.3 cm³/mol. The van der Waals surface area contributed by atoms with Gasteiger partial charge >= 0.3 is 0 Å².